The van der Waals surface area contributed by atoms with Crippen LogP contribution >= 0.6 is 0 Å². The zero-order valence-electron chi connectivity index (χ0n) is 11.2. The molecule has 5 heteroatoms. The third-order valence-electron chi connectivity index (χ3n) is 5.97. The lowest BCUT2D eigenvalue weighted by atomic mass is 9.40. The van der Waals surface area contributed by atoms with Gasteiger partial charge in [0, 0.05) is 17.9 Å². The van der Waals surface area contributed by atoms with Gasteiger partial charge in [-0.25, -0.2) is 23.5 Å². The summed E-state index contributed by atoms with van der Waals surface area (Å²) in [5.74, 6) is 0. The third kappa shape index (κ3) is 0.773. The molecule has 102 valence electrons. The standard InChI is InChI=1S/C15H15N3O2/c1-16-12(19)17-10-4-5-11(18(17)13(16)20)15-7-3-2-6-14(10,15)8-9-15/h2-7,10-11H,8-9H2,1H3/t10-,11?,14+,15?/m1/s1. The van der Waals surface area contributed by atoms with Crippen LogP contribution in [0.5, 0.6) is 0 Å². The Morgan fingerprint density at radius 3 is 1.80 bits per heavy atom. The lowest BCUT2D eigenvalue weighted by molar-refractivity contribution is -0.111. The van der Waals surface area contributed by atoms with E-state index in [1.807, 2.05) is 0 Å². The van der Waals surface area contributed by atoms with Crippen LogP contribution in [0.25, 0.3) is 0 Å². The van der Waals surface area contributed by atoms with Crippen molar-refractivity contribution in [3.63, 3.8) is 0 Å². The Morgan fingerprint density at radius 2 is 1.40 bits per heavy atom. The number of aromatic nitrogens is 3. The Kier molecular flexibility index (Phi) is 1.52. The highest BCUT2D eigenvalue weighted by Gasteiger charge is 2.69. The maximum atomic E-state index is 12.4. The largest absolute Gasteiger partial charge is 0.347 e. The molecule has 3 aliphatic carbocycles. The van der Waals surface area contributed by atoms with E-state index in [2.05, 4.69) is 36.5 Å². The van der Waals surface area contributed by atoms with Gasteiger partial charge in [0.05, 0.1) is 12.1 Å². The van der Waals surface area contributed by atoms with Gasteiger partial charge in [-0.15, -0.1) is 0 Å². The molecule has 6 rings (SSSR count). The highest BCUT2D eigenvalue weighted by molar-refractivity contribution is 5.41. The average molecular weight is 269 g/mol. The van der Waals surface area contributed by atoms with Crippen LogP contribution in [0.4, 0.5) is 0 Å². The lowest BCUT2D eigenvalue weighted by Gasteiger charge is -2.68. The van der Waals surface area contributed by atoms with Crippen molar-refractivity contribution < 1.29 is 0 Å². The molecule has 0 aromatic carbocycles. The summed E-state index contributed by atoms with van der Waals surface area (Å²) >= 11 is 0. The second-order valence-electron chi connectivity index (χ2n) is 6.39. The molecule has 1 aromatic heterocycles. The molecule has 1 saturated carbocycles. The zero-order chi connectivity index (χ0) is 13.7. The van der Waals surface area contributed by atoms with Crippen LogP contribution in [0.2, 0.25) is 0 Å². The first-order valence-electron chi connectivity index (χ1n) is 7.08. The third-order valence-corrected chi connectivity index (χ3v) is 5.97. The van der Waals surface area contributed by atoms with Gasteiger partial charge in [-0.2, -0.15) is 0 Å². The number of allylic oxidation sites excluding steroid dienone is 6. The van der Waals surface area contributed by atoms with Crippen molar-refractivity contribution in [2.24, 2.45) is 17.9 Å². The molecular weight excluding hydrogens is 254 g/mol. The molecule has 1 aromatic rings. The predicted molar refractivity (Wildman–Crippen MR) is 73.5 cm³/mol. The van der Waals surface area contributed by atoms with Crippen molar-refractivity contribution in [2.75, 3.05) is 0 Å². The minimum absolute atomic E-state index is 0.0151. The Bertz CT molecular complexity index is 782. The smallest absolute Gasteiger partial charge is 0.246 e. The van der Waals surface area contributed by atoms with E-state index >= 15 is 0 Å². The molecule has 0 N–H and O–H groups in total. The molecule has 0 saturated heterocycles. The maximum Gasteiger partial charge on any atom is 0.347 e. The molecule has 0 amide bonds. The van der Waals surface area contributed by atoms with Gasteiger partial charge in [-0.1, -0.05) is 36.5 Å². The molecule has 1 fully saturated rings. The molecule has 20 heavy (non-hydrogen) atoms. The van der Waals surface area contributed by atoms with Crippen LogP contribution in [0.15, 0.2) is 46.0 Å². The number of hydrogen-bond donors (Lipinski definition) is 0. The number of nitrogens with zero attached hydrogens (tertiary/aromatic N) is 3. The van der Waals surface area contributed by atoms with Crippen molar-refractivity contribution in [1.82, 2.24) is 13.9 Å². The Labute approximate surface area is 115 Å². The summed E-state index contributed by atoms with van der Waals surface area (Å²) < 4.78 is 4.58. The van der Waals surface area contributed by atoms with Gasteiger partial charge in [0.1, 0.15) is 0 Å². The van der Waals surface area contributed by atoms with Gasteiger partial charge >= 0.3 is 11.4 Å². The van der Waals surface area contributed by atoms with E-state index in [1.165, 1.54) is 4.57 Å². The monoisotopic (exact) mass is 269 g/mol. The van der Waals surface area contributed by atoms with E-state index in [0.29, 0.717) is 0 Å². The summed E-state index contributed by atoms with van der Waals surface area (Å²) in [5.41, 5.74) is -0.434. The average Bonchev–Trinajstić information content (AvgIpc) is 2.67. The molecule has 2 aliphatic heterocycles. The minimum atomic E-state index is -0.202. The zero-order valence-corrected chi connectivity index (χ0v) is 11.2. The fraction of sp³-hybridized carbons (Fsp3) is 0.467. The summed E-state index contributed by atoms with van der Waals surface area (Å²) in [5, 5.41) is 0. The van der Waals surface area contributed by atoms with Crippen LogP contribution in [-0.4, -0.2) is 13.9 Å². The highest BCUT2D eigenvalue weighted by Crippen LogP contribution is 2.73. The summed E-state index contributed by atoms with van der Waals surface area (Å²) in [6, 6.07) is -0.0762. The van der Waals surface area contributed by atoms with Gasteiger partial charge in [-0.05, 0) is 12.8 Å². The lowest BCUT2D eigenvalue weighted by Crippen LogP contribution is -2.66. The van der Waals surface area contributed by atoms with Gasteiger partial charge in [0.15, 0.2) is 0 Å². The first-order chi connectivity index (χ1) is 9.62. The summed E-state index contributed by atoms with van der Waals surface area (Å²) in [6.07, 6.45) is 15.1. The molecule has 0 radical (unpaired) electrons. The summed E-state index contributed by atoms with van der Waals surface area (Å²) in [7, 11) is 1.56. The van der Waals surface area contributed by atoms with Crippen LogP contribution in [0.3, 0.4) is 0 Å². The Morgan fingerprint density at radius 1 is 0.950 bits per heavy atom. The van der Waals surface area contributed by atoms with E-state index in [1.54, 1.807) is 16.4 Å². The van der Waals surface area contributed by atoms with E-state index in [-0.39, 0.29) is 34.3 Å². The van der Waals surface area contributed by atoms with Crippen molar-refractivity contribution in [1.29, 1.82) is 0 Å². The van der Waals surface area contributed by atoms with Crippen molar-refractivity contribution in [3.05, 3.63) is 57.4 Å². The molecular formula is C15H15N3O2. The fourth-order valence-corrected chi connectivity index (χ4v) is 4.91. The van der Waals surface area contributed by atoms with Crippen molar-refractivity contribution in [3.8, 4) is 0 Å². The second kappa shape index (κ2) is 2.85. The fourth-order valence-electron chi connectivity index (χ4n) is 4.91. The SMILES string of the molecule is Cn1c(=O)n2n(c1=O)[C@@H]1C=CC2C23C=CC=C[C@]12CC3. The van der Waals surface area contributed by atoms with Crippen LogP contribution in [0.1, 0.15) is 24.9 Å². The Hall–Kier alpha value is -2.04. The quantitative estimate of drug-likeness (QED) is 0.657. The summed E-state index contributed by atoms with van der Waals surface area (Å²) in [4.78, 5) is 24.8. The molecule has 4 atom stereocenters. The van der Waals surface area contributed by atoms with E-state index < -0.39 is 0 Å². The van der Waals surface area contributed by atoms with Crippen molar-refractivity contribution in [2.45, 2.75) is 24.9 Å². The maximum absolute atomic E-state index is 12.4. The van der Waals surface area contributed by atoms with Crippen molar-refractivity contribution >= 4 is 0 Å². The van der Waals surface area contributed by atoms with E-state index in [4.69, 9.17) is 0 Å². The molecule has 2 bridgehead atoms. The number of hydrogen-bond acceptors (Lipinski definition) is 2. The van der Waals surface area contributed by atoms with E-state index in [9.17, 15) is 9.59 Å². The number of rotatable bonds is 0. The first-order valence-corrected chi connectivity index (χ1v) is 7.08. The molecule has 5 nitrogen and oxygen atoms in total. The summed E-state index contributed by atoms with van der Waals surface area (Å²) in [6.45, 7) is 0. The molecule has 0 spiro atoms. The van der Waals surface area contributed by atoms with Gasteiger partial charge in [0.2, 0.25) is 0 Å². The predicted octanol–water partition coefficient (Wildman–Crippen LogP) is 0.907. The first kappa shape index (κ1) is 10.7. The highest BCUT2D eigenvalue weighted by atomic mass is 16.2. The minimum Gasteiger partial charge on any atom is -0.246 e. The van der Waals surface area contributed by atoms with E-state index in [0.717, 1.165) is 12.8 Å². The van der Waals surface area contributed by atoms with Gasteiger partial charge in [-0.3, -0.25) is 0 Å². The van der Waals surface area contributed by atoms with Crippen LogP contribution in [-0.2, 0) is 7.05 Å². The second-order valence-corrected chi connectivity index (χ2v) is 6.39. The molecule has 3 heterocycles. The normalized spacial score (nSPS) is 42.0. The van der Waals surface area contributed by atoms with Crippen LogP contribution in [0, 0.1) is 10.8 Å². The van der Waals surface area contributed by atoms with Gasteiger partial charge < -0.3 is 0 Å². The van der Waals surface area contributed by atoms with Crippen LogP contribution < -0.4 is 11.4 Å². The Balaban J connectivity index is 1.94. The molecule has 5 aliphatic rings. The topological polar surface area (TPSA) is 48.9 Å². The molecule has 2 unspecified atom stereocenters. The van der Waals surface area contributed by atoms with Gasteiger partial charge in [0.25, 0.3) is 0 Å².